The van der Waals surface area contributed by atoms with Gasteiger partial charge >= 0.3 is 6.09 Å². The number of hydrogen-bond donors (Lipinski definition) is 0. The first-order valence-electron chi connectivity index (χ1n) is 5.32. The predicted molar refractivity (Wildman–Crippen MR) is 58.4 cm³/mol. The third-order valence-electron chi connectivity index (χ3n) is 2.50. The van der Waals surface area contributed by atoms with Crippen molar-refractivity contribution >= 4 is 6.09 Å². The predicted octanol–water partition coefficient (Wildman–Crippen LogP) is 3.04. The first kappa shape index (κ1) is 13.3. The second-order valence-corrected chi connectivity index (χ2v) is 4.33. The van der Waals surface area contributed by atoms with E-state index in [9.17, 15) is 4.79 Å². The zero-order chi connectivity index (χ0) is 11.4. The van der Waals surface area contributed by atoms with Gasteiger partial charge in [-0.05, 0) is 41.0 Å². The molecule has 0 aromatic carbocycles. The average Bonchev–Trinajstić information content (AvgIpc) is 2.03. The number of rotatable bonds is 4. The number of nitrogens with zero attached hydrogens (tertiary/aromatic N) is 1. The second-order valence-electron chi connectivity index (χ2n) is 4.33. The van der Waals surface area contributed by atoms with Crippen molar-refractivity contribution in [2.45, 2.75) is 59.5 Å². The summed E-state index contributed by atoms with van der Waals surface area (Å²) in [6.45, 7) is 12.5. The van der Waals surface area contributed by atoms with Crippen molar-refractivity contribution in [1.29, 1.82) is 0 Å². The van der Waals surface area contributed by atoms with Gasteiger partial charge in [-0.25, -0.2) is 4.79 Å². The number of amides is 1. The Balaban J connectivity index is 4.68. The van der Waals surface area contributed by atoms with Gasteiger partial charge in [-0.3, -0.25) is 0 Å². The molecule has 0 aromatic rings. The lowest BCUT2D eigenvalue weighted by Crippen LogP contribution is -2.51. The van der Waals surface area contributed by atoms with Crippen molar-refractivity contribution in [2.24, 2.45) is 0 Å². The van der Waals surface area contributed by atoms with E-state index in [2.05, 4.69) is 20.8 Å². The minimum Gasteiger partial charge on any atom is -0.450 e. The molecule has 0 heterocycles. The molecule has 0 unspecified atom stereocenters. The third-order valence-corrected chi connectivity index (χ3v) is 2.50. The Morgan fingerprint density at radius 3 is 2.14 bits per heavy atom. The minimum absolute atomic E-state index is 0.138. The molecule has 14 heavy (non-hydrogen) atoms. The SMILES string of the molecule is CCOC(=O)N(C(C)C)C(C)(C)CC. The molecule has 0 radical (unpaired) electrons. The largest absolute Gasteiger partial charge is 0.450 e. The summed E-state index contributed by atoms with van der Waals surface area (Å²) in [5, 5.41) is 0. The van der Waals surface area contributed by atoms with E-state index < -0.39 is 0 Å². The molecular weight excluding hydrogens is 178 g/mol. The van der Waals surface area contributed by atoms with Crippen molar-refractivity contribution in [3.63, 3.8) is 0 Å². The van der Waals surface area contributed by atoms with Gasteiger partial charge in [-0.1, -0.05) is 6.92 Å². The van der Waals surface area contributed by atoms with E-state index in [-0.39, 0.29) is 17.7 Å². The smallest absolute Gasteiger partial charge is 0.410 e. The monoisotopic (exact) mass is 201 g/mol. The molecule has 0 atom stereocenters. The van der Waals surface area contributed by atoms with Crippen LogP contribution in [0.2, 0.25) is 0 Å². The van der Waals surface area contributed by atoms with Crippen LogP contribution in [0.1, 0.15) is 48.0 Å². The van der Waals surface area contributed by atoms with Crippen LogP contribution in [0.3, 0.4) is 0 Å². The molecule has 84 valence electrons. The molecule has 3 heteroatoms. The molecule has 0 N–H and O–H groups in total. The van der Waals surface area contributed by atoms with Gasteiger partial charge in [0.1, 0.15) is 0 Å². The molecule has 0 fully saturated rings. The van der Waals surface area contributed by atoms with E-state index >= 15 is 0 Å². The Hall–Kier alpha value is -0.730. The summed E-state index contributed by atoms with van der Waals surface area (Å²) in [6.07, 6.45) is 0.707. The first-order chi connectivity index (χ1) is 6.36. The number of carbonyl (C=O) groups excluding carboxylic acids is 1. The van der Waals surface area contributed by atoms with Crippen molar-refractivity contribution in [3.05, 3.63) is 0 Å². The third kappa shape index (κ3) is 3.20. The maximum absolute atomic E-state index is 11.7. The summed E-state index contributed by atoms with van der Waals surface area (Å²) in [7, 11) is 0. The van der Waals surface area contributed by atoms with Gasteiger partial charge in [-0.15, -0.1) is 0 Å². The maximum Gasteiger partial charge on any atom is 0.410 e. The van der Waals surface area contributed by atoms with Crippen LogP contribution in [0.15, 0.2) is 0 Å². The number of ether oxygens (including phenoxy) is 1. The topological polar surface area (TPSA) is 29.5 Å². The molecule has 0 bridgehead atoms. The van der Waals surface area contributed by atoms with Gasteiger partial charge in [0.25, 0.3) is 0 Å². The van der Waals surface area contributed by atoms with E-state index in [0.29, 0.717) is 6.61 Å². The van der Waals surface area contributed by atoms with Crippen LogP contribution < -0.4 is 0 Å². The molecule has 1 amide bonds. The fraction of sp³-hybridized carbons (Fsp3) is 0.909. The van der Waals surface area contributed by atoms with Crippen LogP contribution >= 0.6 is 0 Å². The van der Waals surface area contributed by atoms with Crippen molar-refractivity contribution < 1.29 is 9.53 Å². The summed E-state index contributed by atoms with van der Waals surface area (Å²) in [5.74, 6) is 0. The van der Waals surface area contributed by atoms with Gasteiger partial charge in [0.15, 0.2) is 0 Å². The first-order valence-corrected chi connectivity index (χ1v) is 5.32. The summed E-state index contributed by atoms with van der Waals surface area (Å²) >= 11 is 0. The molecule has 0 saturated carbocycles. The summed E-state index contributed by atoms with van der Waals surface area (Å²) < 4.78 is 5.04. The van der Waals surface area contributed by atoms with Gasteiger partial charge in [0.05, 0.1) is 6.61 Å². The summed E-state index contributed by atoms with van der Waals surface area (Å²) in [6, 6.07) is 0.170. The zero-order valence-corrected chi connectivity index (χ0v) is 10.3. The Labute approximate surface area is 87.4 Å². The molecule has 0 spiro atoms. The summed E-state index contributed by atoms with van der Waals surface area (Å²) in [5.41, 5.74) is -0.138. The highest BCUT2D eigenvalue weighted by Crippen LogP contribution is 2.22. The van der Waals surface area contributed by atoms with Crippen LogP contribution in [0.5, 0.6) is 0 Å². The molecule has 0 aliphatic heterocycles. The lowest BCUT2D eigenvalue weighted by atomic mass is 9.98. The zero-order valence-electron chi connectivity index (χ0n) is 10.3. The second kappa shape index (κ2) is 5.23. The fourth-order valence-electron chi connectivity index (χ4n) is 1.52. The molecule has 0 aromatic heterocycles. The molecule has 0 rings (SSSR count). The minimum atomic E-state index is -0.214. The van der Waals surface area contributed by atoms with E-state index in [4.69, 9.17) is 4.74 Å². The Morgan fingerprint density at radius 2 is 1.86 bits per heavy atom. The number of hydrogen-bond acceptors (Lipinski definition) is 2. The molecule has 0 aliphatic carbocycles. The van der Waals surface area contributed by atoms with Crippen LogP contribution in [-0.4, -0.2) is 29.2 Å². The van der Waals surface area contributed by atoms with Gasteiger partial charge in [0.2, 0.25) is 0 Å². The average molecular weight is 201 g/mol. The van der Waals surface area contributed by atoms with Gasteiger partial charge < -0.3 is 9.64 Å². The normalized spacial score (nSPS) is 11.6. The van der Waals surface area contributed by atoms with Crippen LogP contribution in [0.4, 0.5) is 4.79 Å². The Kier molecular flexibility index (Phi) is 4.95. The lowest BCUT2D eigenvalue weighted by molar-refractivity contribution is 0.0467. The highest BCUT2D eigenvalue weighted by atomic mass is 16.6. The lowest BCUT2D eigenvalue weighted by Gasteiger charge is -2.40. The van der Waals surface area contributed by atoms with Gasteiger partial charge in [0, 0.05) is 11.6 Å². The fourth-order valence-corrected chi connectivity index (χ4v) is 1.52. The molecule has 3 nitrogen and oxygen atoms in total. The van der Waals surface area contributed by atoms with Crippen LogP contribution in [0, 0.1) is 0 Å². The molecular formula is C11H23NO2. The van der Waals surface area contributed by atoms with Crippen molar-refractivity contribution in [2.75, 3.05) is 6.61 Å². The van der Waals surface area contributed by atoms with E-state index in [1.165, 1.54) is 0 Å². The van der Waals surface area contributed by atoms with Crippen LogP contribution in [0.25, 0.3) is 0 Å². The summed E-state index contributed by atoms with van der Waals surface area (Å²) in [4.78, 5) is 13.5. The molecule has 0 saturated heterocycles. The van der Waals surface area contributed by atoms with E-state index in [0.717, 1.165) is 6.42 Å². The number of carbonyl (C=O) groups is 1. The van der Waals surface area contributed by atoms with E-state index in [1.807, 2.05) is 20.8 Å². The standard InChI is InChI=1S/C11H23NO2/c1-7-11(5,6)12(9(3)4)10(13)14-8-2/h9H,7-8H2,1-6H3. The van der Waals surface area contributed by atoms with Gasteiger partial charge in [-0.2, -0.15) is 0 Å². The highest BCUT2D eigenvalue weighted by Gasteiger charge is 2.32. The Morgan fingerprint density at radius 1 is 1.36 bits per heavy atom. The van der Waals surface area contributed by atoms with Crippen molar-refractivity contribution in [1.82, 2.24) is 4.90 Å². The Bertz CT molecular complexity index is 188. The van der Waals surface area contributed by atoms with Crippen LogP contribution in [-0.2, 0) is 4.74 Å². The van der Waals surface area contributed by atoms with Crippen molar-refractivity contribution in [3.8, 4) is 0 Å². The maximum atomic E-state index is 11.7. The quantitative estimate of drug-likeness (QED) is 0.699. The highest BCUT2D eigenvalue weighted by molar-refractivity contribution is 5.69. The van der Waals surface area contributed by atoms with E-state index in [1.54, 1.807) is 4.90 Å². The molecule has 0 aliphatic rings.